The van der Waals surface area contributed by atoms with Crippen LogP contribution in [0.5, 0.6) is 0 Å². The van der Waals surface area contributed by atoms with Gasteiger partial charge in [-0.2, -0.15) is 0 Å². The average Bonchev–Trinajstić information content (AvgIpc) is 3.57. The number of nitrogen functional groups attached to an aromatic ring is 1. The van der Waals surface area contributed by atoms with E-state index in [1.807, 2.05) is 30.6 Å². The van der Waals surface area contributed by atoms with E-state index < -0.39 is 0 Å². The minimum atomic E-state index is 0.560. The molecular formula is C29H30N5O2+. The molecule has 3 aromatic heterocycles. The van der Waals surface area contributed by atoms with Crippen molar-refractivity contribution in [3.05, 3.63) is 91.1 Å². The number of nitrogens with two attached hydrogens (primary N) is 1. The SMILES string of the molecule is Nc1c2c(-c3ccccc3)c(-c3ccccc3)n(Cc3ccco3)c2nc[n+]1CCN1CCOCC1. The molecular weight excluding hydrogens is 450 g/mol. The molecule has 2 aromatic carbocycles. The van der Waals surface area contributed by atoms with Gasteiger partial charge in [-0.05, 0) is 23.3 Å². The molecule has 2 N–H and O–H groups in total. The summed E-state index contributed by atoms with van der Waals surface area (Å²) in [7, 11) is 0. The summed E-state index contributed by atoms with van der Waals surface area (Å²) in [6.45, 7) is 5.70. The molecule has 1 aliphatic heterocycles. The van der Waals surface area contributed by atoms with Gasteiger partial charge in [0.05, 0.1) is 38.3 Å². The lowest BCUT2D eigenvalue weighted by Gasteiger charge is -2.26. The Morgan fingerprint density at radius 2 is 1.61 bits per heavy atom. The minimum Gasteiger partial charge on any atom is -0.467 e. The Morgan fingerprint density at radius 1 is 0.889 bits per heavy atom. The van der Waals surface area contributed by atoms with Gasteiger partial charge < -0.3 is 19.5 Å². The molecule has 6 rings (SSSR count). The summed E-state index contributed by atoms with van der Waals surface area (Å²) < 4.78 is 15.6. The molecule has 1 saturated heterocycles. The fourth-order valence-electron chi connectivity index (χ4n) is 5.06. The van der Waals surface area contributed by atoms with Gasteiger partial charge in [-0.3, -0.25) is 4.90 Å². The van der Waals surface area contributed by atoms with Crippen molar-refractivity contribution in [1.82, 2.24) is 14.5 Å². The number of furan rings is 1. The highest BCUT2D eigenvalue weighted by molar-refractivity contribution is 6.07. The van der Waals surface area contributed by atoms with Crippen molar-refractivity contribution in [3.8, 4) is 22.4 Å². The number of aromatic nitrogens is 3. The Balaban J connectivity index is 1.55. The molecule has 0 aliphatic carbocycles. The first-order valence-electron chi connectivity index (χ1n) is 12.4. The van der Waals surface area contributed by atoms with Crippen LogP contribution >= 0.6 is 0 Å². The molecule has 4 heterocycles. The third-order valence-electron chi connectivity index (χ3n) is 6.89. The number of hydrogen-bond acceptors (Lipinski definition) is 5. The molecule has 0 unspecified atom stereocenters. The predicted molar refractivity (Wildman–Crippen MR) is 140 cm³/mol. The third kappa shape index (κ3) is 4.27. The number of ether oxygens (including phenoxy) is 1. The summed E-state index contributed by atoms with van der Waals surface area (Å²) in [6.07, 6.45) is 3.59. The Morgan fingerprint density at radius 3 is 2.31 bits per heavy atom. The van der Waals surface area contributed by atoms with Crippen LogP contribution in [-0.2, 0) is 17.8 Å². The second-order valence-corrected chi connectivity index (χ2v) is 9.10. The number of fused-ring (bicyclic) bond motifs is 1. The van der Waals surface area contributed by atoms with Crippen LogP contribution in [0.4, 0.5) is 5.82 Å². The molecule has 0 radical (unpaired) electrons. The van der Waals surface area contributed by atoms with Crippen molar-refractivity contribution in [3.63, 3.8) is 0 Å². The van der Waals surface area contributed by atoms with Crippen molar-refractivity contribution >= 4 is 16.9 Å². The number of nitrogens with zero attached hydrogens (tertiary/aromatic N) is 4. The van der Waals surface area contributed by atoms with E-state index in [9.17, 15) is 0 Å². The number of benzene rings is 2. The maximum atomic E-state index is 6.95. The summed E-state index contributed by atoms with van der Waals surface area (Å²) in [5.74, 6) is 1.59. The van der Waals surface area contributed by atoms with Crippen LogP contribution in [0.3, 0.4) is 0 Å². The van der Waals surface area contributed by atoms with Gasteiger partial charge in [0.15, 0.2) is 0 Å². The molecule has 1 fully saturated rings. The van der Waals surface area contributed by atoms with Crippen LogP contribution in [0.15, 0.2) is 89.8 Å². The standard InChI is InChI=1S/C29H29N5O2/c30-28-26-25(22-8-3-1-4-9-22)27(23-10-5-2-6-11-23)34(20-24-12-7-17-36-24)29(26)31-21-33(28)14-13-32-15-18-35-19-16-32/h1-12,17,21,30H,13-16,18-20H2/p+1. The van der Waals surface area contributed by atoms with Crippen LogP contribution in [0, 0.1) is 0 Å². The van der Waals surface area contributed by atoms with Gasteiger partial charge in [-0.15, -0.1) is 0 Å². The van der Waals surface area contributed by atoms with E-state index in [4.69, 9.17) is 19.9 Å². The van der Waals surface area contributed by atoms with Gasteiger partial charge in [0.25, 0.3) is 0 Å². The summed E-state index contributed by atoms with van der Waals surface area (Å²) >= 11 is 0. The van der Waals surface area contributed by atoms with Crippen LogP contribution in [0.25, 0.3) is 33.4 Å². The molecule has 0 atom stereocenters. The number of hydrogen-bond donors (Lipinski definition) is 1. The van der Waals surface area contributed by atoms with Crippen LogP contribution in [0.1, 0.15) is 5.76 Å². The second-order valence-electron chi connectivity index (χ2n) is 9.10. The van der Waals surface area contributed by atoms with Crippen LogP contribution in [-0.4, -0.2) is 47.3 Å². The Hall–Kier alpha value is -3.94. The first kappa shape index (κ1) is 22.5. The van der Waals surface area contributed by atoms with E-state index in [1.165, 1.54) is 0 Å². The first-order chi connectivity index (χ1) is 17.8. The number of morpholine rings is 1. The molecule has 7 heteroatoms. The lowest BCUT2D eigenvalue weighted by molar-refractivity contribution is -0.684. The maximum absolute atomic E-state index is 6.95. The molecule has 5 aromatic rings. The Kier molecular flexibility index (Phi) is 6.24. The molecule has 0 spiro atoms. The first-order valence-corrected chi connectivity index (χ1v) is 12.4. The fraction of sp³-hybridized carbons (Fsp3) is 0.241. The van der Waals surface area contributed by atoms with E-state index in [1.54, 1.807) is 6.26 Å². The van der Waals surface area contributed by atoms with Gasteiger partial charge in [0.1, 0.15) is 11.1 Å². The second kappa shape index (κ2) is 9.97. The van der Waals surface area contributed by atoms with Gasteiger partial charge in [0.2, 0.25) is 17.8 Å². The van der Waals surface area contributed by atoms with E-state index in [-0.39, 0.29) is 0 Å². The van der Waals surface area contributed by atoms with E-state index in [0.29, 0.717) is 6.54 Å². The Bertz CT molecular complexity index is 1440. The predicted octanol–water partition coefficient (Wildman–Crippen LogP) is 4.21. The minimum absolute atomic E-state index is 0.560. The maximum Gasteiger partial charge on any atom is 0.232 e. The monoisotopic (exact) mass is 480 g/mol. The third-order valence-corrected chi connectivity index (χ3v) is 6.89. The highest BCUT2D eigenvalue weighted by atomic mass is 16.5. The van der Waals surface area contributed by atoms with Gasteiger partial charge in [-0.1, -0.05) is 65.6 Å². The highest BCUT2D eigenvalue weighted by Gasteiger charge is 2.28. The van der Waals surface area contributed by atoms with Crippen molar-refractivity contribution in [1.29, 1.82) is 0 Å². The molecule has 0 saturated carbocycles. The smallest absolute Gasteiger partial charge is 0.232 e. The van der Waals surface area contributed by atoms with Crippen molar-refractivity contribution in [2.75, 3.05) is 38.6 Å². The molecule has 36 heavy (non-hydrogen) atoms. The molecule has 0 bridgehead atoms. The van der Waals surface area contributed by atoms with E-state index in [2.05, 4.69) is 62.6 Å². The van der Waals surface area contributed by atoms with Crippen LogP contribution < -0.4 is 10.3 Å². The summed E-state index contributed by atoms with van der Waals surface area (Å²) in [5, 5.41) is 0.969. The number of rotatable bonds is 7. The summed E-state index contributed by atoms with van der Waals surface area (Å²) in [5.41, 5.74) is 12.2. The average molecular weight is 481 g/mol. The fourth-order valence-corrected chi connectivity index (χ4v) is 5.06. The van der Waals surface area contributed by atoms with Gasteiger partial charge in [-0.25, -0.2) is 4.57 Å². The van der Waals surface area contributed by atoms with Crippen LogP contribution in [0.2, 0.25) is 0 Å². The highest BCUT2D eigenvalue weighted by Crippen LogP contribution is 2.42. The molecule has 1 aliphatic rings. The lowest BCUT2D eigenvalue weighted by Crippen LogP contribution is -2.46. The summed E-state index contributed by atoms with van der Waals surface area (Å²) in [6, 6.07) is 24.8. The zero-order valence-electron chi connectivity index (χ0n) is 20.2. The lowest BCUT2D eigenvalue weighted by atomic mass is 9.99. The van der Waals surface area contributed by atoms with Crippen molar-refractivity contribution in [2.45, 2.75) is 13.1 Å². The molecule has 7 nitrogen and oxygen atoms in total. The van der Waals surface area contributed by atoms with Crippen molar-refractivity contribution < 1.29 is 13.7 Å². The number of anilines is 1. The van der Waals surface area contributed by atoms with Gasteiger partial charge >= 0.3 is 0 Å². The normalized spacial score (nSPS) is 14.4. The van der Waals surface area contributed by atoms with Crippen molar-refractivity contribution in [2.24, 2.45) is 0 Å². The zero-order valence-corrected chi connectivity index (χ0v) is 20.2. The largest absolute Gasteiger partial charge is 0.467 e. The zero-order chi connectivity index (χ0) is 24.3. The summed E-state index contributed by atoms with van der Waals surface area (Å²) in [4.78, 5) is 7.39. The quantitative estimate of drug-likeness (QED) is 0.353. The van der Waals surface area contributed by atoms with E-state index >= 15 is 0 Å². The van der Waals surface area contributed by atoms with E-state index in [0.717, 1.165) is 84.4 Å². The molecule has 182 valence electrons. The topological polar surface area (TPSA) is 73.3 Å². The molecule has 0 amide bonds. The van der Waals surface area contributed by atoms with Gasteiger partial charge in [0, 0.05) is 25.2 Å². The Labute approximate surface area is 210 Å².